The fourth-order valence-electron chi connectivity index (χ4n) is 2.72. The van der Waals surface area contributed by atoms with Crippen LogP contribution in [0.25, 0.3) is 5.57 Å². The van der Waals surface area contributed by atoms with Crippen molar-refractivity contribution in [1.82, 2.24) is 0 Å². The monoisotopic (exact) mass is 214 g/mol. The van der Waals surface area contributed by atoms with Crippen molar-refractivity contribution < 1.29 is 9.53 Å². The van der Waals surface area contributed by atoms with Crippen LogP contribution < -0.4 is 0 Å². The molecule has 2 nitrogen and oxygen atoms in total. The van der Waals surface area contributed by atoms with Crippen LogP contribution in [0.5, 0.6) is 0 Å². The summed E-state index contributed by atoms with van der Waals surface area (Å²) in [5.41, 5.74) is 3.10. The molecule has 0 spiro atoms. The van der Waals surface area contributed by atoms with Crippen LogP contribution in [-0.2, 0) is 9.53 Å². The molecule has 1 aromatic rings. The van der Waals surface area contributed by atoms with Gasteiger partial charge >= 0.3 is 0 Å². The topological polar surface area (TPSA) is 26.3 Å². The van der Waals surface area contributed by atoms with Crippen LogP contribution in [0.2, 0.25) is 0 Å². The van der Waals surface area contributed by atoms with Gasteiger partial charge in [0.15, 0.2) is 5.78 Å². The first kappa shape index (κ1) is 9.79. The van der Waals surface area contributed by atoms with Crippen LogP contribution in [0.3, 0.4) is 0 Å². The Morgan fingerprint density at radius 2 is 2.00 bits per heavy atom. The summed E-state index contributed by atoms with van der Waals surface area (Å²) in [5.74, 6) is 0.270. The van der Waals surface area contributed by atoms with Crippen molar-refractivity contribution in [2.75, 3.05) is 13.2 Å². The van der Waals surface area contributed by atoms with Crippen LogP contribution in [0.4, 0.5) is 0 Å². The highest BCUT2D eigenvalue weighted by atomic mass is 16.5. The second kappa shape index (κ2) is 3.29. The summed E-state index contributed by atoms with van der Waals surface area (Å²) < 4.78 is 5.50. The van der Waals surface area contributed by atoms with Gasteiger partial charge in [0.05, 0.1) is 13.2 Å². The largest absolute Gasteiger partial charge is 0.376 e. The zero-order chi connectivity index (χ0) is 11.2. The Kier molecular flexibility index (Phi) is 2.01. The lowest BCUT2D eigenvalue weighted by Gasteiger charge is -2.15. The van der Waals surface area contributed by atoms with E-state index < -0.39 is 0 Å². The molecule has 82 valence electrons. The third-order valence-electron chi connectivity index (χ3n) is 3.59. The van der Waals surface area contributed by atoms with Crippen molar-refractivity contribution >= 4 is 11.4 Å². The predicted octanol–water partition coefficient (Wildman–Crippen LogP) is 2.45. The van der Waals surface area contributed by atoms with Gasteiger partial charge in [-0.2, -0.15) is 0 Å². The molecule has 0 radical (unpaired) electrons. The molecule has 1 saturated heterocycles. The maximum absolute atomic E-state index is 12.1. The normalized spacial score (nSPS) is 28.7. The predicted molar refractivity (Wildman–Crippen MR) is 61.9 cm³/mol. The molecule has 3 rings (SSSR count). The molecular weight excluding hydrogens is 200 g/mol. The number of Topliss-reactive ketones (excluding diaryl/α,β-unsaturated/α-hetero) is 1. The third-order valence-corrected chi connectivity index (χ3v) is 3.59. The van der Waals surface area contributed by atoms with Crippen molar-refractivity contribution in [2.24, 2.45) is 5.41 Å². The van der Waals surface area contributed by atoms with E-state index in [9.17, 15) is 4.79 Å². The van der Waals surface area contributed by atoms with Crippen molar-refractivity contribution in [3.63, 3.8) is 0 Å². The molecule has 1 aromatic carbocycles. The SMILES string of the molecule is C[C@@]12COCC1=C(c1ccccc1)C(=O)C2. The summed E-state index contributed by atoms with van der Waals surface area (Å²) in [4.78, 5) is 12.1. The standard InChI is InChI=1S/C14H14O2/c1-14-7-12(15)13(11(14)8-16-9-14)10-5-3-2-4-6-10/h2-6H,7-9H2,1H3/t14-/m1/s1. The van der Waals surface area contributed by atoms with Gasteiger partial charge in [-0.05, 0) is 11.1 Å². The van der Waals surface area contributed by atoms with Crippen molar-refractivity contribution in [1.29, 1.82) is 0 Å². The molecule has 0 bridgehead atoms. The van der Waals surface area contributed by atoms with Gasteiger partial charge in [-0.25, -0.2) is 0 Å². The first-order chi connectivity index (χ1) is 7.71. The molecule has 1 atom stereocenters. The molecule has 1 aliphatic carbocycles. The van der Waals surface area contributed by atoms with Crippen molar-refractivity contribution in [2.45, 2.75) is 13.3 Å². The van der Waals surface area contributed by atoms with E-state index in [1.165, 1.54) is 5.57 Å². The maximum atomic E-state index is 12.1. The number of ketones is 1. The number of carbonyl (C=O) groups is 1. The molecule has 1 fully saturated rings. The number of allylic oxidation sites excluding steroid dienone is 1. The Labute approximate surface area is 94.9 Å². The Morgan fingerprint density at radius 1 is 1.25 bits per heavy atom. The highest BCUT2D eigenvalue weighted by molar-refractivity contribution is 6.24. The Bertz CT molecular complexity index is 473. The second-order valence-corrected chi connectivity index (χ2v) is 4.87. The second-order valence-electron chi connectivity index (χ2n) is 4.87. The van der Waals surface area contributed by atoms with E-state index in [4.69, 9.17) is 4.74 Å². The molecule has 0 aromatic heterocycles. The highest BCUT2D eigenvalue weighted by Gasteiger charge is 2.45. The fourth-order valence-corrected chi connectivity index (χ4v) is 2.72. The molecule has 2 heteroatoms. The van der Waals surface area contributed by atoms with E-state index in [1.54, 1.807) is 0 Å². The van der Waals surface area contributed by atoms with Crippen LogP contribution >= 0.6 is 0 Å². The molecule has 2 aliphatic rings. The first-order valence-corrected chi connectivity index (χ1v) is 5.61. The minimum atomic E-state index is -0.0394. The fraction of sp³-hybridized carbons (Fsp3) is 0.357. The minimum Gasteiger partial charge on any atom is -0.376 e. The van der Waals surface area contributed by atoms with Gasteiger partial charge in [0.1, 0.15) is 0 Å². The lowest BCUT2D eigenvalue weighted by molar-refractivity contribution is -0.114. The van der Waals surface area contributed by atoms with Gasteiger partial charge in [0.25, 0.3) is 0 Å². The summed E-state index contributed by atoms with van der Waals surface area (Å²) in [7, 11) is 0. The smallest absolute Gasteiger partial charge is 0.164 e. The van der Waals surface area contributed by atoms with E-state index in [0.29, 0.717) is 19.6 Å². The van der Waals surface area contributed by atoms with E-state index in [-0.39, 0.29) is 11.2 Å². The van der Waals surface area contributed by atoms with Gasteiger partial charge < -0.3 is 4.74 Å². The molecule has 1 heterocycles. The molecule has 1 aliphatic heterocycles. The lowest BCUT2D eigenvalue weighted by atomic mass is 9.86. The van der Waals surface area contributed by atoms with Crippen LogP contribution in [-0.4, -0.2) is 19.0 Å². The quantitative estimate of drug-likeness (QED) is 0.717. The summed E-state index contributed by atoms with van der Waals surface area (Å²) in [6, 6.07) is 9.93. The number of rotatable bonds is 1. The summed E-state index contributed by atoms with van der Waals surface area (Å²) in [6.45, 7) is 3.43. The van der Waals surface area contributed by atoms with Crippen LogP contribution in [0, 0.1) is 5.41 Å². The van der Waals surface area contributed by atoms with Crippen molar-refractivity contribution in [3.05, 3.63) is 41.5 Å². The molecule has 0 saturated carbocycles. The maximum Gasteiger partial charge on any atom is 0.164 e. The molecule has 0 N–H and O–H groups in total. The Hall–Kier alpha value is -1.41. The molecule has 0 unspecified atom stereocenters. The van der Waals surface area contributed by atoms with Crippen LogP contribution in [0.1, 0.15) is 18.9 Å². The highest BCUT2D eigenvalue weighted by Crippen LogP contribution is 2.47. The average Bonchev–Trinajstić information content (AvgIpc) is 2.72. The van der Waals surface area contributed by atoms with Gasteiger partial charge in [-0.15, -0.1) is 0 Å². The van der Waals surface area contributed by atoms with E-state index in [0.717, 1.165) is 11.1 Å². The zero-order valence-corrected chi connectivity index (χ0v) is 9.32. The van der Waals surface area contributed by atoms with Gasteiger partial charge in [0.2, 0.25) is 0 Å². The first-order valence-electron chi connectivity index (χ1n) is 5.61. The number of hydrogen-bond acceptors (Lipinski definition) is 2. The summed E-state index contributed by atoms with van der Waals surface area (Å²) in [5, 5.41) is 0. The van der Waals surface area contributed by atoms with Gasteiger partial charge in [0, 0.05) is 17.4 Å². The summed E-state index contributed by atoms with van der Waals surface area (Å²) >= 11 is 0. The third kappa shape index (κ3) is 1.26. The Balaban J connectivity index is 2.16. The average molecular weight is 214 g/mol. The van der Waals surface area contributed by atoms with Crippen molar-refractivity contribution in [3.8, 4) is 0 Å². The molecule has 0 amide bonds. The number of fused-ring (bicyclic) bond motifs is 1. The summed E-state index contributed by atoms with van der Waals surface area (Å²) in [6.07, 6.45) is 0.604. The number of carbonyl (C=O) groups excluding carboxylic acids is 1. The van der Waals surface area contributed by atoms with Gasteiger partial charge in [-0.3, -0.25) is 4.79 Å². The molecule has 16 heavy (non-hydrogen) atoms. The molecular formula is C14H14O2. The van der Waals surface area contributed by atoms with Gasteiger partial charge in [-0.1, -0.05) is 37.3 Å². The minimum absolute atomic E-state index is 0.0394. The van der Waals surface area contributed by atoms with Crippen LogP contribution in [0.15, 0.2) is 35.9 Å². The van der Waals surface area contributed by atoms with E-state index in [1.807, 2.05) is 30.3 Å². The zero-order valence-electron chi connectivity index (χ0n) is 9.32. The lowest BCUT2D eigenvalue weighted by Crippen LogP contribution is -2.15. The number of hydrogen-bond donors (Lipinski definition) is 0. The van der Waals surface area contributed by atoms with E-state index >= 15 is 0 Å². The Morgan fingerprint density at radius 3 is 2.75 bits per heavy atom. The van der Waals surface area contributed by atoms with E-state index in [2.05, 4.69) is 6.92 Å². The number of benzene rings is 1. The number of ether oxygens (including phenoxy) is 1.